The Balaban J connectivity index is 1.53. The summed E-state index contributed by atoms with van der Waals surface area (Å²) in [4.78, 5) is 12.3. The average Bonchev–Trinajstić information content (AvgIpc) is 3.04. The van der Waals surface area contributed by atoms with E-state index in [1.165, 1.54) is 5.56 Å². The number of H-pyrrole nitrogens is 1. The van der Waals surface area contributed by atoms with E-state index in [2.05, 4.69) is 44.6 Å². The first kappa shape index (κ1) is 18.6. The highest BCUT2D eigenvalue weighted by atomic mass is 35.5. The first-order valence-corrected chi connectivity index (χ1v) is 9.62. The van der Waals surface area contributed by atoms with E-state index in [1.807, 2.05) is 25.1 Å². The van der Waals surface area contributed by atoms with Crippen LogP contribution in [-0.2, 0) is 6.54 Å². The van der Waals surface area contributed by atoms with E-state index in [0.29, 0.717) is 28.2 Å². The van der Waals surface area contributed by atoms with Gasteiger partial charge in [0, 0.05) is 12.2 Å². The smallest absolute Gasteiger partial charge is 0.205 e. The molecule has 0 atom stereocenters. The molecule has 0 aliphatic heterocycles. The molecule has 0 aliphatic carbocycles. The lowest BCUT2D eigenvalue weighted by Gasteiger charge is -2.08. The number of aromatic nitrogens is 3. The molecule has 0 amide bonds. The minimum absolute atomic E-state index is 0.541. The molecule has 28 heavy (non-hydrogen) atoms. The van der Waals surface area contributed by atoms with Gasteiger partial charge in [0.2, 0.25) is 5.95 Å². The number of benzene rings is 2. The molecule has 0 unspecified atom stereocenters. The molecule has 0 spiro atoms. The lowest BCUT2D eigenvalue weighted by Crippen LogP contribution is -2.02. The van der Waals surface area contributed by atoms with Crippen LogP contribution in [0.4, 0.5) is 17.5 Å². The van der Waals surface area contributed by atoms with Crippen molar-refractivity contribution in [1.29, 1.82) is 0 Å². The fourth-order valence-electron chi connectivity index (χ4n) is 3.09. The highest BCUT2D eigenvalue weighted by Crippen LogP contribution is 2.32. The Kier molecular flexibility index (Phi) is 5.11. The summed E-state index contributed by atoms with van der Waals surface area (Å²) in [6.45, 7) is 4.73. The number of para-hydroxylation sites is 1. The number of nitrogens with one attached hydrogen (secondary N) is 3. The molecule has 2 aromatic carbocycles. The number of pyridine rings is 1. The second-order valence-corrected chi connectivity index (χ2v) is 7.50. The van der Waals surface area contributed by atoms with E-state index >= 15 is 0 Å². The summed E-state index contributed by atoms with van der Waals surface area (Å²) in [5, 5.41) is 7.62. The van der Waals surface area contributed by atoms with Crippen LogP contribution in [0.1, 0.15) is 16.8 Å². The van der Waals surface area contributed by atoms with Crippen molar-refractivity contribution in [2.75, 3.05) is 10.6 Å². The largest absolute Gasteiger partial charge is 0.366 e. The number of halogens is 2. The molecule has 0 saturated heterocycles. The number of rotatable bonds is 5. The van der Waals surface area contributed by atoms with Crippen LogP contribution in [-0.4, -0.2) is 15.0 Å². The first-order valence-electron chi connectivity index (χ1n) is 8.87. The number of hydrogen-bond acceptors (Lipinski definition) is 4. The highest BCUT2D eigenvalue weighted by molar-refractivity contribution is 6.39. The molecule has 0 fully saturated rings. The minimum atomic E-state index is 0.541. The van der Waals surface area contributed by atoms with Gasteiger partial charge in [-0.25, -0.2) is 9.97 Å². The predicted molar refractivity (Wildman–Crippen MR) is 117 cm³/mol. The maximum atomic E-state index is 6.22. The van der Waals surface area contributed by atoms with Gasteiger partial charge in [0.15, 0.2) is 0 Å². The number of hydrogen-bond donors (Lipinski definition) is 3. The Labute approximate surface area is 173 Å². The third-order valence-electron chi connectivity index (χ3n) is 4.32. The van der Waals surface area contributed by atoms with Crippen LogP contribution in [0.15, 0.2) is 48.5 Å². The van der Waals surface area contributed by atoms with E-state index < -0.39 is 0 Å². The number of aromatic amines is 1. The Bertz CT molecular complexity index is 1110. The normalized spacial score (nSPS) is 11.0. The van der Waals surface area contributed by atoms with E-state index in [1.54, 1.807) is 18.2 Å². The second-order valence-electron chi connectivity index (χ2n) is 6.68. The van der Waals surface area contributed by atoms with Crippen molar-refractivity contribution in [3.63, 3.8) is 0 Å². The summed E-state index contributed by atoms with van der Waals surface area (Å²) in [5.41, 5.74) is 5.73. The predicted octanol–water partition coefficient (Wildman–Crippen LogP) is 6.24. The van der Waals surface area contributed by atoms with Crippen molar-refractivity contribution in [1.82, 2.24) is 15.0 Å². The third-order valence-corrected chi connectivity index (χ3v) is 4.95. The molecule has 2 aromatic heterocycles. The number of nitrogens with zero attached hydrogens (tertiary/aromatic N) is 2. The van der Waals surface area contributed by atoms with Gasteiger partial charge in [0.1, 0.15) is 5.82 Å². The van der Waals surface area contributed by atoms with E-state index in [9.17, 15) is 0 Å². The zero-order valence-corrected chi connectivity index (χ0v) is 17.0. The quantitative estimate of drug-likeness (QED) is 0.363. The number of anilines is 3. The summed E-state index contributed by atoms with van der Waals surface area (Å²) >= 11 is 12.4. The molecule has 4 aromatic rings. The monoisotopic (exact) mass is 411 g/mol. The van der Waals surface area contributed by atoms with Crippen LogP contribution in [0.25, 0.3) is 11.0 Å². The van der Waals surface area contributed by atoms with Crippen LogP contribution in [0.5, 0.6) is 0 Å². The van der Waals surface area contributed by atoms with Crippen LogP contribution >= 0.6 is 23.2 Å². The number of aryl methyl sites for hydroxylation is 2. The number of fused-ring (bicyclic) bond motifs is 1. The Morgan fingerprint density at radius 2 is 1.75 bits per heavy atom. The van der Waals surface area contributed by atoms with Crippen molar-refractivity contribution >= 4 is 51.7 Å². The zero-order valence-electron chi connectivity index (χ0n) is 15.5. The van der Waals surface area contributed by atoms with E-state index in [4.69, 9.17) is 23.2 Å². The fourth-order valence-corrected chi connectivity index (χ4v) is 3.58. The molecule has 0 aliphatic rings. The second kappa shape index (κ2) is 7.70. The van der Waals surface area contributed by atoms with Gasteiger partial charge >= 0.3 is 0 Å². The highest BCUT2D eigenvalue weighted by Gasteiger charge is 2.09. The molecular formula is C21H19Cl2N5. The van der Waals surface area contributed by atoms with Crippen molar-refractivity contribution in [2.45, 2.75) is 20.4 Å². The number of imidazole rings is 1. The molecule has 0 radical (unpaired) electrons. The van der Waals surface area contributed by atoms with Crippen LogP contribution in [0.3, 0.4) is 0 Å². The molecule has 3 N–H and O–H groups in total. The van der Waals surface area contributed by atoms with Gasteiger partial charge in [-0.15, -0.1) is 0 Å². The van der Waals surface area contributed by atoms with Gasteiger partial charge in [0.05, 0.1) is 26.8 Å². The lowest BCUT2D eigenvalue weighted by molar-refractivity contribution is 1.08. The van der Waals surface area contributed by atoms with Gasteiger partial charge in [-0.3, -0.25) is 0 Å². The Morgan fingerprint density at radius 1 is 0.964 bits per heavy atom. The summed E-state index contributed by atoms with van der Waals surface area (Å²) in [5.74, 6) is 1.46. The molecule has 142 valence electrons. The van der Waals surface area contributed by atoms with Gasteiger partial charge in [-0.05, 0) is 61.4 Å². The maximum absolute atomic E-state index is 6.22. The van der Waals surface area contributed by atoms with Crippen LogP contribution in [0.2, 0.25) is 10.0 Å². The van der Waals surface area contributed by atoms with E-state index in [0.717, 1.165) is 28.1 Å². The minimum Gasteiger partial charge on any atom is -0.366 e. The average molecular weight is 412 g/mol. The molecule has 0 saturated carbocycles. The molecule has 7 heteroatoms. The fraction of sp³-hybridized carbons (Fsp3) is 0.143. The van der Waals surface area contributed by atoms with Crippen molar-refractivity contribution < 1.29 is 0 Å². The van der Waals surface area contributed by atoms with Crippen LogP contribution < -0.4 is 10.6 Å². The molecule has 0 bridgehead atoms. The van der Waals surface area contributed by atoms with Crippen LogP contribution in [0, 0.1) is 13.8 Å². The maximum Gasteiger partial charge on any atom is 0.205 e. The first-order chi connectivity index (χ1) is 13.5. The summed E-state index contributed by atoms with van der Waals surface area (Å²) < 4.78 is 0. The zero-order chi connectivity index (χ0) is 19.7. The lowest BCUT2D eigenvalue weighted by atomic mass is 10.2. The SMILES string of the molecule is Cc1cc(C)nc(NCc2ccc3nc(Nc4c(Cl)cccc4Cl)[nH]c3c2)c1. The van der Waals surface area contributed by atoms with E-state index in [-0.39, 0.29) is 0 Å². The van der Waals surface area contributed by atoms with Gasteiger partial charge < -0.3 is 15.6 Å². The summed E-state index contributed by atoms with van der Waals surface area (Å²) in [6.07, 6.45) is 0. The Hall–Kier alpha value is -2.76. The van der Waals surface area contributed by atoms with Gasteiger partial charge in [-0.1, -0.05) is 35.3 Å². The van der Waals surface area contributed by atoms with Crippen molar-refractivity contribution in [3.8, 4) is 0 Å². The standard InChI is InChI=1S/C21H19Cl2N5/c1-12-8-13(2)25-19(9-12)24-11-14-6-7-17-18(10-14)27-21(26-17)28-20-15(22)4-3-5-16(20)23/h3-10H,11H2,1-2H3,(H,24,25)(H2,26,27,28). The van der Waals surface area contributed by atoms with Crippen molar-refractivity contribution in [3.05, 3.63) is 75.4 Å². The molecule has 5 nitrogen and oxygen atoms in total. The molecule has 2 heterocycles. The molecule has 4 rings (SSSR count). The molecular weight excluding hydrogens is 393 g/mol. The van der Waals surface area contributed by atoms with Crippen molar-refractivity contribution in [2.24, 2.45) is 0 Å². The summed E-state index contributed by atoms with van der Waals surface area (Å²) in [6, 6.07) is 15.6. The summed E-state index contributed by atoms with van der Waals surface area (Å²) in [7, 11) is 0. The topological polar surface area (TPSA) is 65.6 Å². The Morgan fingerprint density at radius 3 is 2.50 bits per heavy atom. The van der Waals surface area contributed by atoms with Gasteiger partial charge in [0.25, 0.3) is 0 Å². The van der Waals surface area contributed by atoms with Gasteiger partial charge in [-0.2, -0.15) is 0 Å². The third kappa shape index (κ3) is 4.06.